The maximum Gasteiger partial charge on any atom is 0.407 e. The number of fused-ring (bicyclic) bond motifs is 3. The average Bonchev–Trinajstić information content (AvgIpc) is 3.43. The number of carbonyl (C=O) groups excluding carboxylic acids is 4. The molecule has 0 bridgehead atoms. The summed E-state index contributed by atoms with van der Waals surface area (Å²) in [5, 5.41) is 20.7. The topological polar surface area (TPSA) is 189 Å². The Balaban J connectivity index is 1.31. The molecule has 0 unspecified atom stereocenters. The van der Waals surface area contributed by atoms with Crippen molar-refractivity contribution in [3.63, 3.8) is 0 Å². The Labute approximate surface area is 318 Å². The van der Waals surface area contributed by atoms with Crippen LogP contribution in [0.1, 0.15) is 88.3 Å². The highest BCUT2D eigenvalue weighted by molar-refractivity contribution is 5.82. The van der Waals surface area contributed by atoms with Gasteiger partial charge in [0, 0.05) is 49.3 Å². The molecule has 3 aromatic carbocycles. The number of nitrogens with one attached hydrogen (secondary N) is 4. The van der Waals surface area contributed by atoms with Gasteiger partial charge in [-0.1, -0.05) is 99.1 Å². The molecule has 12 heteroatoms. The van der Waals surface area contributed by atoms with Crippen molar-refractivity contribution in [2.24, 2.45) is 11.7 Å². The standard InChI is InChI=1S/C42H55N5O7/c1-27(2)37(25-40(50)44-28(3)21-38(48)45-30(24-41(51)52)15-11-12-20-43)47-39(49)23-31(22-29-13-5-4-6-14-29)46-42(53)54-26-36-34-18-9-7-16-32(34)33-17-8-10-19-35(33)36/h4-10,13-14,16-19,27-28,30-31,36-37H,11-12,15,20-26,43H2,1-3H3,(H,44,50)(H,45,48)(H,46,53)(H,47,49)(H,51,52)/t28-,30-,31-,37-/m0/s1. The Morgan fingerprint density at radius 3 is 1.89 bits per heavy atom. The minimum Gasteiger partial charge on any atom is -0.481 e. The molecule has 12 nitrogen and oxygen atoms in total. The summed E-state index contributed by atoms with van der Waals surface area (Å²) >= 11 is 0. The fourth-order valence-corrected chi connectivity index (χ4v) is 6.94. The zero-order valence-corrected chi connectivity index (χ0v) is 31.5. The third-order valence-corrected chi connectivity index (χ3v) is 9.67. The van der Waals surface area contributed by atoms with E-state index < -0.39 is 36.2 Å². The van der Waals surface area contributed by atoms with E-state index >= 15 is 0 Å². The number of hydrogen-bond acceptors (Lipinski definition) is 7. The number of alkyl carbamates (subject to hydrolysis) is 1. The van der Waals surface area contributed by atoms with E-state index in [4.69, 9.17) is 10.5 Å². The van der Waals surface area contributed by atoms with E-state index in [1.165, 1.54) is 0 Å². The molecule has 3 aromatic rings. The normalized spacial score (nSPS) is 14.2. The fraction of sp³-hybridized carbons (Fsp3) is 0.452. The molecule has 4 amide bonds. The van der Waals surface area contributed by atoms with E-state index in [1.54, 1.807) is 6.92 Å². The van der Waals surface area contributed by atoms with Gasteiger partial charge in [0.25, 0.3) is 0 Å². The van der Waals surface area contributed by atoms with Crippen LogP contribution in [0.4, 0.5) is 4.79 Å². The highest BCUT2D eigenvalue weighted by Crippen LogP contribution is 2.44. The number of benzene rings is 3. The number of ether oxygens (including phenoxy) is 1. The van der Waals surface area contributed by atoms with Crippen LogP contribution in [0.3, 0.4) is 0 Å². The lowest BCUT2D eigenvalue weighted by atomic mass is 9.98. The van der Waals surface area contributed by atoms with Crippen LogP contribution in [0.25, 0.3) is 11.1 Å². The van der Waals surface area contributed by atoms with Gasteiger partial charge in [0.1, 0.15) is 6.61 Å². The molecule has 1 aliphatic carbocycles. The first-order chi connectivity index (χ1) is 25.9. The summed E-state index contributed by atoms with van der Waals surface area (Å²) < 4.78 is 5.79. The summed E-state index contributed by atoms with van der Waals surface area (Å²) in [6, 6.07) is 23.6. The van der Waals surface area contributed by atoms with Gasteiger partial charge < -0.3 is 36.8 Å². The van der Waals surface area contributed by atoms with Gasteiger partial charge in [-0.15, -0.1) is 0 Å². The fourth-order valence-electron chi connectivity index (χ4n) is 6.94. The number of hydrogen-bond donors (Lipinski definition) is 6. The lowest BCUT2D eigenvalue weighted by Gasteiger charge is -2.25. The van der Waals surface area contributed by atoms with Gasteiger partial charge in [0.15, 0.2) is 0 Å². The van der Waals surface area contributed by atoms with Crippen molar-refractivity contribution in [1.29, 1.82) is 0 Å². The first-order valence-corrected chi connectivity index (χ1v) is 18.9. The van der Waals surface area contributed by atoms with Gasteiger partial charge in [0.05, 0.1) is 6.42 Å². The van der Waals surface area contributed by atoms with E-state index in [0.717, 1.165) is 34.2 Å². The number of carboxylic acid groups (broad SMARTS) is 1. The van der Waals surface area contributed by atoms with Crippen molar-refractivity contribution in [1.82, 2.24) is 21.3 Å². The Hall–Kier alpha value is -5.23. The lowest BCUT2D eigenvalue weighted by molar-refractivity contribution is -0.137. The van der Waals surface area contributed by atoms with E-state index in [-0.39, 0.29) is 61.8 Å². The molecule has 0 heterocycles. The van der Waals surface area contributed by atoms with Crippen LogP contribution in [0, 0.1) is 5.92 Å². The molecule has 0 radical (unpaired) electrons. The number of nitrogens with two attached hydrogens (primary N) is 1. The van der Waals surface area contributed by atoms with Crippen molar-refractivity contribution in [3.05, 3.63) is 95.6 Å². The van der Waals surface area contributed by atoms with Crippen molar-refractivity contribution in [2.45, 2.75) is 102 Å². The first kappa shape index (κ1) is 41.5. The number of rotatable bonds is 21. The van der Waals surface area contributed by atoms with Crippen LogP contribution in [0.5, 0.6) is 0 Å². The van der Waals surface area contributed by atoms with Gasteiger partial charge in [-0.3, -0.25) is 19.2 Å². The highest BCUT2D eigenvalue weighted by Gasteiger charge is 2.30. The number of carboxylic acids is 1. The van der Waals surface area contributed by atoms with Crippen LogP contribution in [0.15, 0.2) is 78.9 Å². The van der Waals surface area contributed by atoms with Gasteiger partial charge in [-0.05, 0) is 66.5 Å². The summed E-state index contributed by atoms with van der Waals surface area (Å²) in [6.07, 6.45) is 1.43. The SMILES string of the molecule is CC(C)[C@H](CC(=O)N[C@@H](C)CC(=O)N[C@@H](CCCCN)CC(=O)O)NC(=O)C[C@H](Cc1ccccc1)NC(=O)OCC1c2ccccc2-c2ccccc21. The molecule has 290 valence electrons. The Morgan fingerprint density at radius 2 is 1.28 bits per heavy atom. The van der Waals surface area contributed by atoms with Crippen molar-refractivity contribution < 1.29 is 33.8 Å². The van der Waals surface area contributed by atoms with Gasteiger partial charge >= 0.3 is 12.1 Å². The predicted octanol–water partition coefficient (Wildman–Crippen LogP) is 5.04. The molecule has 4 atom stereocenters. The van der Waals surface area contributed by atoms with E-state index in [9.17, 15) is 29.1 Å². The molecule has 0 fully saturated rings. The monoisotopic (exact) mass is 741 g/mol. The van der Waals surface area contributed by atoms with E-state index in [0.29, 0.717) is 25.8 Å². The first-order valence-electron chi connectivity index (χ1n) is 18.9. The maximum absolute atomic E-state index is 13.5. The Bertz CT molecular complexity index is 1670. The molecule has 0 aromatic heterocycles. The lowest BCUT2D eigenvalue weighted by Crippen LogP contribution is -2.47. The Morgan fingerprint density at radius 1 is 0.685 bits per heavy atom. The van der Waals surface area contributed by atoms with E-state index in [2.05, 4.69) is 45.5 Å². The largest absolute Gasteiger partial charge is 0.481 e. The number of amides is 4. The van der Waals surface area contributed by atoms with Gasteiger partial charge in [-0.2, -0.15) is 0 Å². The summed E-state index contributed by atoms with van der Waals surface area (Å²) in [6.45, 7) is 6.13. The maximum atomic E-state index is 13.5. The number of aliphatic carboxylic acids is 1. The quantitative estimate of drug-likeness (QED) is 0.0819. The van der Waals surface area contributed by atoms with Gasteiger partial charge in [-0.25, -0.2) is 4.79 Å². The molecule has 1 aliphatic rings. The molecule has 0 aliphatic heterocycles. The van der Waals surface area contributed by atoms with Crippen LogP contribution in [0.2, 0.25) is 0 Å². The minimum atomic E-state index is -1.00. The van der Waals surface area contributed by atoms with E-state index in [1.807, 2.05) is 68.4 Å². The molecule has 7 N–H and O–H groups in total. The van der Waals surface area contributed by atoms with Crippen LogP contribution in [-0.2, 0) is 30.3 Å². The summed E-state index contributed by atoms with van der Waals surface area (Å²) in [5.74, 6) is -2.22. The molecular formula is C42H55N5O7. The van der Waals surface area contributed by atoms with Crippen molar-refractivity contribution in [2.75, 3.05) is 13.2 Å². The third-order valence-electron chi connectivity index (χ3n) is 9.67. The summed E-state index contributed by atoms with van der Waals surface area (Å²) in [5.41, 5.74) is 10.9. The molecule has 54 heavy (non-hydrogen) atoms. The zero-order chi connectivity index (χ0) is 39.0. The number of unbranched alkanes of at least 4 members (excludes halogenated alkanes) is 1. The molecule has 0 spiro atoms. The highest BCUT2D eigenvalue weighted by atomic mass is 16.5. The zero-order valence-electron chi connectivity index (χ0n) is 31.5. The molecule has 4 rings (SSSR count). The second-order valence-electron chi connectivity index (χ2n) is 14.5. The summed E-state index contributed by atoms with van der Waals surface area (Å²) in [4.78, 5) is 63.7. The molecular weight excluding hydrogens is 686 g/mol. The molecule has 0 saturated carbocycles. The van der Waals surface area contributed by atoms with Crippen molar-refractivity contribution >= 4 is 29.8 Å². The van der Waals surface area contributed by atoms with Crippen molar-refractivity contribution in [3.8, 4) is 11.1 Å². The van der Waals surface area contributed by atoms with Crippen LogP contribution >= 0.6 is 0 Å². The minimum absolute atomic E-state index is 0.0146. The Kier molecular flexibility index (Phi) is 16.0. The predicted molar refractivity (Wildman–Crippen MR) is 207 cm³/mol. The second kappa shape index (κ2) is 20.9. The second-order valence-corrected chi connectivity index (χ2v) is 14.5. The van der Waals surface area contributed by atoms with Crippen LogP contribution < -0.4 is 27.0 Å². The average molecular weight is 742 g/mol. The number of carbonyl (C=O) groups is 5. The third kappa shape index (κ3) is 13.0. The summed E-state index contributed by atoms with van der Waals surface area (Å²) in [7, 11) is 0. The van der Waals surface area contributed by atoms with Crippen LogP contribution in [-0.4, -0.2) is 72.2 Å². The van der Waals surface area contributed by atoms with Gasteiger partial charge in [0.2, 0.25) is 17.7 Å². The smallest absolute Gasteiger partial charge is 0.407 e. The molecule has 0 saturated heterocycles.